The van der Waals surface area contributed by atoms with Crippen molar-refractivity contribution in [2.45, 2.75) is 26.2 Å². The van der Waals surface area contributed by atoms with Crippen LogP contribution >= 0.6 is 0 Å². The second-order valence-electron chi connectivity index (χ2n) is 5.05. The van der Waals surface area contributed by atoms with Crippen molar-refractivity contribution in [3.63, 3.8) is 0 Å². The first-order valence-corrected chi connectivity index (χ1v) is 6.39. The van der Waals surface area contributed by atoms with E-state index in [9.17, 15) is 4.79 Å². The molecule has 1 aliphatic rings. The third kappa shape index (κ3) is 2.10. The molecule has 3 rings (SSSR count). The van der Waals surface area contributed by atoms with Gasteiger partial charge in [-0.3, -0.25) is 4.79 Å². The zero-order valence-corrected chi connectivity index (χ0v) is 11.0. The predicted molar refractivity (Wildman–Crippen MR) is 73.9 cm³/mol. The second-order valence-corrected chi connectivity index (χ2v) is 5.05. The largest absolute Gasteiger partial charge is 0.326 e. The van der Waals surface area contributed by atoms with Crippen molar-refractivity contribution in [1.29, 1.82) is 0 Å². The van der Waals surface area contributed by atoms with Crippen LogP contribution in [0.5, 0.6) is 0 Å². The van der Waals surface area contributed by atoms with Gasteiger partial charge >= 0.3 is 0 Å². The molecule has 1 aromatic carbocycles. The van der Waals surface area contributed by atoms with E-state index in [1.165, 1.54) is 0 Å². The monoisotopic (exact) mass is 253 g/mol. The molecule has 2 aromatic rings. The number of hydrogen-bond donors (Lipinski definition) is 1. The maximum atomic E-state index is 11.5. The van der Waals surface area contributed by atoms with Crippen molar-refractivity contribution in [3.05, 3.63) is 41.7 Å². The number of hydrogen-bond acceptors (Lipinski definition) is 3. The van der Waals surface area contributed by atoms with Crippen molar-refractivity contribution in [2.75, 3.05) is 5.32 Å². The Hall–Kier alpha value is -2.23. The highest BCUT2D eigenvalue weighted by Gasteiger charge is 2.22. The lowest BCUT2D eigenvalue weighted by atomic mass is 10.0. The zero-order valence-electron chi connectivity index (χ0n) is 11.0. The fourth-order valence-corrected chi connectivity index (χ4v) is 2.23. The highest BCUT2D eigenvalue weighted by molar-refractivity contribution is 6.01. The summed E-state index contributed by atoms with van der Waals surface area (Å²) in [6, 6.07) is 5.79. The molecule has 0 unspecified atom stereocenters. The maximum Gasteiger partial charge on any atom is 0.228 e. The summed E-state index contributed by atoms with van der Waals surface area (Å²) in [4.78, 5) is 20.3. The number of amides is 1. The zero-order chi connectivity index (χ0) is 13.4. The summed E-state index contributed by atoms with van der Waals surface area (Å²) >= 11 is 0. The van der Waals surface area contributed by atoms with Gasteiger partial charge in [0.15, 0.2) is 5.82 Å². The summed E-state index contributed by atoms with van der Waals surface area (Å²) < 4.78 is 0. The Morgan fingerprint density at radius 1 is 1.21 bits per heavy atom. The topological polar surface area (TPSA) is 54.9 Å². The normalized spacial score (nSPS) is 13.5. The standard InChI is InChI=1S/C15H15N3O/c1-9(2)10-7-16-15(17-8-10)11-4-3-5-13-12(11)6-14(19)18-13/h3-5,7-9H,6H2,1-2H3,(H,18,19). The minimum Gasteiger partial charge on any atom is -0.326 e. The molecule has 0 radical (unpaired) electrons. The van der Waals surface area contributed by atoms with Crippen LogP contribution < -0.4 is 5.32 Å². The van der Waals surface area contributed by atoms with Gasteiger partial charge in [0.25, 0.3) is 0 Å². The van der Waals surface area contributed by atoms with Gasteiger partial charge in [0, 0.05) is 23.6 Å². The molecular formula is C15H15N3O. The smallest absolute Gasteiger partial charge is 0.228 e. The fourth-order valence-electron chi connectivity index (χ4n) is 2.23. The van der Waals surface area contributed by atoms with Crippen LogP contribution in [0.2, 0.25) is 0 Å². The Balaban J connectivity index is 2.04. The molecule has 96 valence electrons. The molecule has 0 saturated heterocycles. The summed E-state index contributed by atoms with van der Waals surface area (Å²) in [5, 5.41) is 2.84. The first-order chi connectivity index (χ1) is 9.15. The Bertz CT molecular complexity index is 632. The molecule has 1 N–H and O–H groups in total. The van der Waals surface area contributed by atoms with Gasteiger partial charge in [0.2, 0.25) is 5.91 Å². The predicted octanol–water partition coefficient (Wildman–Crippen LogP) is 2.76. The van der Waals surface area contributed by atoms with Crippen LogP contribution in [0.4, 0.5) is 5.69 Å². The number of carbonyl (C=O) groups excluding carboxylic acids is 1. The minimum atomic E-state index is 0.0289. The molecule has 0 spiro atoms. The van der Waals surface area contributed by atoms with E-state index in [1.54, 1.807) is 0 Å². The van der Waals surface area contributed by atoms with Crippen molar-refractivity contribution in [3.8, 4) is 11.4 Å². The van der Waals surface area contributed by atoms with Crippen LogP contribution in [-0.2, 0) is 11.2 Å². The summed E-state index contributed by atoms with van der Waals surface area (Å²) in [5.74, 6) is 1.12. The summed E-state index contributed by atoms with van der Waals surface area (Å²) in [7, 11) is 0. The molecule has 4 nitrogen and oxygen atoms in total. The van der Waals surface area contributed by atoms with Crippen molar-refractivity contribution >= 4 is 11.6 Å². The van der Waals surface area contributed by atoms with Gasteiger partial charge in [-0.1, -0.05) is 26.0 Å². The van der Waals surface area contributed by atoms with Crippen LogP contribution in [0, 0.1) is 0 Å². The maximum absolute atomic E-state index is 11.5. The van der Waals surface area contributed by atoms with E-state index >= 15 is 0 Å². The number of carbonyl (C=O) groups is 1. The number of benzene rings is 1. The lowest BCUT2D eigenvalue weighted by Gasteiger charge is -2.08. The van der Waals surface area contributed by atoms with E-state index in [1.807, 2.05) is 30.6 Å². The van der Waals surface area contributed by atoms with Gasteiger partial charge in [-0.25, -0.2) is 9.97 Å². The Kier molecular flexibility index (Phi) is 2.78. The van der Waals surface area contributed by atoms with E-state index in [0.29, 0.717) is 18.2 Å². The molecule has 1 amide bonds. The number of aromatic nitrogens is 2. The minimum absolute atomic E-state index is 0.0289. The van der Waals surface area contributed by atoms with Crippen LogP contribution in [-0.4, -0.2) is 15.9 Å². The highest BCUT2D eigenvalue weighted by Crippen LogP contribution is 2.31. The molecule has 0 aliphatic carbocycles. The molecular weight excluding hydrogens is 238 g/mol. The lowest BCUT2D eigenvalue weighted by Crippen LogP contribution is -2.03. The number of nitrogens with zero attached hydrogens (tertiary/aromatic N) is 2. The molecule has 0 atom stereocenters. The van der Waals surface area contributed by atoms with Gasteiger partial charge in [-0.2, -0.15) is 0 Å². The molecule has 2 heterocycles. The number of fused-ring (bicyclic) bond motifs is 1. The van der Waals surface area contributed by atoms with Crippen molar-refractivity contribution in [2.24, 2.45) is 0 Å². The first-order valence-electron chi connectivity index (χ1n) is 6.39. The fraction of sp³-hybridized carbons (Fsp3) is 0.267. The van der Waals surface area contributed by atoms with Gasteiger partial charge in [0.1, 0.15) is 0 Å². The SMILES string of the molecule is CC(C)c1cnc(-c2cccc3c2CC(=O)N3)nc1. The van der Waals surface area contributed by atoms with E-state index < -0.39 is 0 Å². The summed E-state index contributed by atoms with van der Waals surface area (Å²) in [5.41, 5.74) is 3.92. The van der Waals surface area contributed by atoms with Gasteiger partial charge in [-0.05, 0) is 23.1 Å². The Labute approximate surface area is 111 Å². The Morgan fingerprint density at radius 3 is 2.63 bits per heavy atom. The quantitative estimate of drug-likeness (QED) is 0.895. The molecule has 0 saturated carbocycles. The van der Waals surface area contributed by atoms with E-state index in [0.717, 1.165) is 22.4 Å². The number of nitrogens with one attached hydrogen (secondary N) is 1. The molecule has 1 aliphatic heterocycles. The van der Waals surface area contributed by atoms with Crippen molar-refractivity contribution < 1.29 is 4.79 Å². The van der Waals surface area contributed by atoms with Gasteiger partial charge in [0.05, 0.1) is 6.42 Å². The van der Waals surface area contributed by atoms with E-state index in [-0.39, 0.29) is 5.91 Å². The molecule has 0 fully saturated rings. The summed E-state index contributed by atoms with van der Waals surface area (Å²) in [6.07, 6.45) is 4.12. The highest BCUT2D eigenvalue weighted by atomic mass is 16.1. The van der Waals surface area contributed by atoms with Crippen molar-refractivity contribution in [1.82, 2.24) is 9.97 Å². The second kappa shape index (κ2) is 4.46. The van der Waals surface area contributed by atoms with E-state index in [4.69, 9.17) is 0 Å². The molecule has 0 bridgehead atoms. The molecule has 19 heavy (non-hydrogen) atoms. The van der Waals surface area contributed by atoms with Gasteiger partial charge in [-0.15, -0.1) is 0 Å². The van der Waals surface area contributed by atoms with Crippen LogP contribution in [0.25, 0.3) is 11.4 Å². The Morgan fingerprint density at radius 2 is 1.95 bits per heavy atom. The van der Waals surface area contributed by atoms with Crippen LogP contribution in [0.3, 0.4) is 0 Å². The lowest BCUT2D eigenvalue weighted by molar-refractivity contribution is -0.115. The third-order valence-corrected chi connectivity index (χ3v) is 3.37. The number of rotatable bonds is 2. The molecule has 1 aromatic heterocycles. The van der Waals surface area contributed by atoms with E-state index in [2.05, 4.69) is 29.1 Å². The third-order valence-electron chi connectivity index (χ3n) is 3.37. The summed E-state index contributed by atoms with van der Waals surface area (Å²) in [6.45, 7) is 4.22. The van der Waals surface area contributed by atoms with Crippen LogP contribution in [0.15, 0.2) is 30.6 Å². The molecule has 4 heteroatoms. The average Bonchev–Trinajstić information content (AvgIpc) is 2.78. The number of anilines is 1. The average molecular weight is 253 g/mol. The first kappa shape index (κ1) is 11.8. The van der Waals surface area contributed by atoms with Gasteiger partial charge < -0.3 is 5.32 Å². The van der Waals surface area contributed by atoms with Crippen LogP contribution in [0.1, 0.15) is 30.9 Å².